The Morgan fingerprint density at radius 2 is 1.87 bits per heavy atom. The lowest BCUT2D eigenvalue weighted by Gasteiger charge is -2.10. The fourth-order valence-electron chi connectivity index (χ4n) is 2.87. The third kappa shape index (κ3) is 5.61. The number of aromatic nitrogens is 1. The molecule has 0 radical (unpaired) electrons. The van der Waals surface area contributed by atoms with Crippen LogP contribution in [-0.2, 0) is 16.1 Å². The van der Waals surface area contributed by atoms with E-state index in [1.54, 1.807) is 25.1 Å². The molecule has 3 rings (SSSR count). The summed E-state index contributed by atoms with van der Waals surface area (Å²) < 4.78 is 11.8. The minimum atomic E-state index is -0.511. The van der Waals surface area contributed by atoms with Gasteiger partial charge in [0.15, 0.2) is 5.75 Å². The fraction of sp³-hybridized carbons (Fsp3) is 0.261. The number of pyridine rings is 1. The zero-order chi connectivity index (χ0) is 22.2. The van der Waals surface area contributed by atoms with Crippen molar-refractivity contribution in [2.24, 2.45) is 0 Å². The molecule has 0 atom stereocenters. The first kappa shape index (κ1) is 22.3. The maximum atomic E-state index is 12.7. The van der Waals surface area contributed by atoms with Crippen LogP contribution in [0.5, 0.6) is 5.75 Å². The summed E-state index contributed by atoms with van der Waals surface area (Å²) in [5.74, 6) is -0.739. The van der Waals surface area contributed by atoms with Gasteiger partial charge in [-0.3, -0.25) is 9.59 Å². The molecule has 1 N–H and O–H groups in total. The molecule has 3 aromatic rings. The van der Waals surface area contributed by atoms with Crippen LogP contribution in [0.2, 0.25) is 0 Å². The molecule has 0 aliphatic rings. The number of thiophene rings is 1. The standard InChI is InChI=1S/C23H24N2O5S/c1-3-13-30-18-11-8-12-25(22(18)27)15-20(26)24-21-17(23(28)29-4-2)14-19(31-21)16-9-6-5-7-10-16/h5-12,14H,3-4,13,15H2,1-2H3,(H,24,26). The van der Waals surface area contributed by atoms with Gasteiger partial charge >= 0.3 is 5.97 Å². The van der Waals surface area contributed by atoms with Crippen molar-refractivity contribution in [1.29, 1.82) is 0 Å². The number of carbonyl (C=O) groups is 2. The largest absolute Gasteiger partial charge is 0.488 e. The summed E-state index contributed by atoms with van der Waals surface area (Å²) in [5.41, 5.74) is 0.829. The van der Waals surface area contributed by atoms with Gasteiger partial charge in [0.1, 0.15) is 11.5 Å². The maximum absolute atomic E-state index is 12.7. The number of anilines is 1. The van der Waals surface area contributed by atoms with Crippen molar-refractivity contribution in [3.63, 3.8) is 0 Å². The molecule has 0 saturated heterocycles. The van der Waals surface area contributed by atoms with Crippen LogP contribution < -0.4 is 15.6 Å². The highest BCUT2D eigenvalue weighted by Gasteiger charge is 2.20. The maximum Gasteiger partial charge on any atom is 0.341 e. The lowest BCUT2D eigenvalue weighted by atomic mass is 10.1. The molecule has 0 unspecified atom stereocenters. The molecule has 8 heteroatoms. The Hall–Kier alpha value is -3.39. The molecule has 0 aliphatic heterocycles. The van der Waals surface area contributed by atoms with Gasteiger partial charge in [-0.05, 0) is 37.1 Å². The van der Waals surface area contributed by atoms with Gasteiger partial charge in [-0.15, -0.1) is 11.3 Å². The summed E-state index contributed by atoms with van der Waals surface area (Å²) in [6.07, 6.45) is 2.30. The number of nitrogens with one attached hydrogen (secondary N) is 1. The summed E-state index contributed by atoms with van der Waals surface area (Å²) in [4.78, 5) is 38.4. The van der Waals surface area contributed by atoms with Crippen LogP contribution in [0.1, 0.15) is 30.6 Å². The van der Waals surface area contributed by atoms with Crippen molar-refractivity contribution < 1.29 is 19.1 Å². The molecule has 1 aromatic carbocycles. The minimum absolute atomic E-state index is 0.201. The van der Waals surface area contributed by atoms with Crippen molar-refractivity contribution >= 4 is 28.2 Å². The van der Waals surface area contributed by atoms with E-state index in [-0.39, 0.29) is 30.0 Å². The van der Waals surface area contributed by atoms with E-state index in [1.807, 2.05) is 37.3 Å². The second kappa shape index (κ2) is 10.6. The Bertz CT molecular complexity index is 1100. The number of hydrogen-bond donors (Lipinski definition) is 1. The van der Waals surface area contributed by atoms with Crippen molar-refractivity contribution in [3.8, 4) is 16.2 Å². The van der Waals surface area contributed by atoms with Gasteiger partial charge in [0.2, 0.25) is 5.91 Å². The monoisotopic (exact) mass is 440 g/mol. The predicted molar refractivity (Wildman–Crippen MR) is 121 cm³/mol. The van der Waals surface area contributed by atoms with E-state index in [2.05, 4.69) is 5.32 Å². The van der Waals surface area contributed by atoms with E-state index < -0.39 is 11.9 Å². The topological polar surface area (TPSA) is 86.6 Å². The first-order valence-corrected chi connectivity index (χ1v) is 10.8. The molecule has 162 valence electrons. The molecule has 1 amide bonds. The first-order chi connectivity index (χ1) is 15.0. The molecule has 0 saturated carbocycles. The molecule has 0 aliphatic carbocycles. The number of nitrogens with zero attached hydrogens (tertiary/aromatic N) is 1. The molecule has 0 spiro atoms. The number of amides is 1. The zero-order valence-corrected chi connectivity index (χ0v) is 18.2. The van der Waals surface area contributed by atoms with Gasteiger partial charge in [0.25, 0.3) is 5.56 Å². The molecular weight excluding hydrogens is 416 g/mol. The fourth-order valence-corrected chi connectivity index (χ4v) is 3.94. The van der Waals surface area contributed by atoms with Crippen LogP contribution in [0.15, 0.2) is 59.5 Å². The summed E-state index contributed by atoms with van der Waals surface area (Å²) in [7, 11) is 0. The highest BCUT2D eigenvalue weighted by atomic mass is 32.1. The SMILES string of the molecule is CCCOc1cccn(CC(=O)Nc2sc(-c3ccccc3)cc2C(=O)OCC)c1=O. The average Bonchev–Trinajstić information content (AvgIpc) is 3.19. The van der Waals surface area contributed by atoms with Gasteiger partial charge < -0.3 is 19.4 Å². The zero-order valence-electron chi connectivity index (χ0n) is 17.4. The Kier molecular flexibility index (Phi) is 7.61. The first-order valence-electron chi connectivity index (χ1n) is 10.0. The van der Waals surface area contributed by atoms with E-state index in [0.29, 0.717) is 11.6 Å². The molecule has 0 bridgehead atoms. The number of benzene rings is 1. The summed E-state index contributed by atoms with van der Waals surface area (Å²) in [6, 6.07) is 14.5. The van der Waals surface area contributed by atoms with Gasteiger partial charge in [0.05, 0.1) is 18.8 Å². The van der Waals surface area contributed by atoms with Crippen LogP contribution in [0.3, 0.4) is 0 Å². The van der Waals surface area contributed by atoms with Crippen molar-refractivity contribution in [1.82, 2.24) is 4.57 Å². The highest BCUT2D eigenvalue weighted by Crippen LogP contribution is 2.35. The number of esters is 1. The highest BCUT2D eigenvalue weighted by molar-refractivity contribution is 7.20. The minimum Gasteiger partial charge on any atom is -0.488 e. The smallest absolute Gasteiger partial charge is 0.341 e. The quantitative estimate of drug-likeness (QED) is 0.505. The van der Waals surface area contributed by atoms with Crippen molar-refractivity contribution in [3.05, 3.63) is 70.6 Å². The number of ether oxygens (including phenoxy) is 2. The van der Waals surface area contributed by atoms with Gasteiger partial charge in [0, 0.05) is 11.1 Å². The van der Waals surface area contributed by atoms with E-state index in [4.69, 9.17) is 9.47 Å². The number of hydrogen-bond acceptors (Lipinski definition) is 6. The number of carbonyl (C=O) groups excluding carboxylic acids is 2. The Morgan fingerprint density at radius 1 is 1.10 bits per heavy atom. The molecule has 2 aromatic heterocycles. The lowest BCUT2D eigenvalue weighted by Crippen LogP contribution is -2.28. The van der Waals surface area contributed by atoms with E-state index >= 15 is 0 Å². The number of rotatable bonds is 9. The van der Waals surface area contributed by atoms with Crippen molar-refractivity contribution in [2.45, 2.75) is 26.8 Å². The summed E-state index contributed by atoms with van der Waals surface area (Å²) >= 11 is 1.28. The van der Waals surface area contributed by atoms with Gasteiger partial charge in [-0.1, -0.05) is 37.3 Å². The van der Waals surface area contributed by atoms with Crippen LogP contribution in [-0.4, -0.2) is 29.7 Å². The summed E-state index contributed by atoms with van der Waals surface area (Å²) in [6.45, 7) is 4.11. The predicted octanol–water partition coefficient (Wildman–Crippen LogP) is 4.18. The lowest BCUT2D eigenvalue weighted by molar-refractivity contribution is -0.116. The normalized spacial score (nSPS) is 10.5. The second-order valence-corrected chi connectivity index (χ2v) is 7.69. The molecule has 7 nitrogen and oxygen atoms in total. The third-order valence-electron chi connectivity index (χ3n) is 4.30. The van der Waals surface area contributed by atoms with E-state index in [0.717, 1.165) is 16.9 Å². The molecular formula is C23H24N2O5S. The van der Waals surface area contributed by atoms with Crippen molar-refractivity contribution in [2.75, 3.05) is 18.5 Å². The van der Waals surface area contributed by atoms with Crippen LogP contribution in [0, 0.1) is 0 Å². The summed E-state index contributed by atoms with van der Waals surface area (Å²) in [5, 5.41) is 3.14. The Balaban J connectivity index is 1.83. The molecule has 31 heavy (non-hydrogen) atoms. The van der Waals surface area contributed by atoms with Crippen LogP contribution in [0.4, 0.5) is 5.00 Å². The Morgan fingerprint density at radius 3 is 2.58 bits per heavy atom. The second-order valence-electron chi connectivity index (χ2n) is 6.64. The van der Waals surface area contributed by atoms with E-state index in [9.17, 15) is 14.4 Å². The molecule has 0 fully saturated rings. The van der Waals surface area contributed by atoms with Crippen LogP contribution in [0.25, 0.3) is 10.4 Å². The average molecular weight is 441 g/mol. The van der Waals surface area contributed by atoms with Gasteiger partial charge in [-0.2, -0.15) is 0 Å². The van der Waals surface area contributed by atoms with Gasteiger partial charge in [-0.25, -0.2) is 4.79 Å². The Labute approximate surface area is 184 Å². The third-order valence-corrected chi connectivity index (χ3v) is 5.40. The van der Waals surface area contributed by atoms with E-state index in [1.165, 1.54) is 22.1 Å². The van der Waals surface area contributed by atoms with Crippen LogP contribution >= 0.6 is 11.3 Å². The molecule has 2 heterocycles.